The maximum atomic E-state index is 12.6. The molecule has 0 saturated carbocycles. The van der Waals surface area contributed by atoms with Gasteiger partial charge in [0.25, 0.3) is 0 Å². The van der Waals surface area contributed by atoms with Crippen molar-refractivity contribution in [3.8, 4) is 0 Å². The quantitative estimate of drug-likeness (QED) is 0.777. The molecule has 0 saturated heterocycles. The molecule has 0 aromatic carbocycles. The van der Waals surface area contributed by atoms with E-state index in [1.807, 2.05) is 5.32 Å². The summed E-state index contributed by atoms with van der Waals surface area (Å²) in [4.78, 5) is 17.4. The summed E-state index contributed by atoms with van der Waals surface area (Å²) in [6.07, 6.45) is -1.75. The molecule has 1 heterocycles. The van der Waals surface area contributed by atoms with Crippen LogP contribution in [0.4, 0.5) is 23.4 Å². The van der Waals surface area contributed by atoms with Gasteiger partial charge in [0, 0.05) is 12.4 Å². The summed E-state index contributed by atoms with van der Waals surface area (Å²) in [6.45, 7) is -1.43. The van der Waals surface area contributed by atoms with E-state index in [4.69, 9.17) is 5.11 Å². The van der Waals surface area contributed by atoms with Crippen LogP contribution in [0.1, 0.15) is 10.5 Å². The number of nitrogens with one attached hydrogen (secondary N) is 1. The average Bonchev–Trinajstić information content (AvgIpc) is 2.26. The molecule has 0 fully saturated rings. The van der Waals surface area contributed by atoms with E-state index in [-0.39, 0.29) is 0 Å². The van der Waals surface area contributed by atoms with Gasteiger partial charge in [0.15, 0.2) is 11.5 Å². The fourth-order valence-corrected chi connectivity index (χ4v) is 0.903. The number of anilines is 1. The smallest absolute Gasteiger partial charge is 0.358 e. The lowest BCUT2D eigenvalue weighted by molar-refractivity contribution is -0.117. The highest BCUT2D eigenvalue weighted by Gasteiger charge is 2.40. The molecule has 0 aliphatic rings. The SMILES string of the molecule is O=C(O)c1nccnc1NCC(F)(F)C(F)F. The molecule has 0 aliphatic heterocycles. The fraction of sp³-hybridized carbons (Fsp3) is 0.375. The molecule has 1 aromatic heterocycles. The molecule has 0 aliphatic carbocycles. The number of carbonyl (C=O) groups is 1. The highest BCUT2D eigenvalue weighted by molar-refractivity contribution is 5.90. The lowest BCUT2D eigenvalue weighted by Gasteiger charge is -2.16. The van der Waals surface area contributed by atoms with Crippen molar-refractivity contribution in [3.05, 3.63) is 18.1 Å². The van der Waals surface area contributed by atoms with Crippen LogP contribution in [-0.2, 0) is 0 Å². The van der Waals surface area contributed by atoms with Crippen molar-refractivity contribution in [2.24, 2.45) is 0 Å². The summed E-state index contributed by atoms with van der Waals surface area (Å²) in [7, 11) is 0. The number of nitrogens with zero attached hydrogens (tertiary/aromatic N) is 2. The van der Waals surface area contributed by atoms with Crippen molar-refractivity contribution in [3.63, 3.8) is 0 Å². The van der Waals surface area contributed by atoms with Crippen LogP contribution in [0, 0.1) is 0 Å². The minimum absolute atomic E-state index is 0.486. The van der Waals surface area contributed by atoms with Crippen LogP contribution >= 0.6 is 0 Å². The normalized spacial score (nSPS) is 11.6. The number of rotatable bonds is 5. The van der Waals surface area contributed by atoms with Crippen molar-refractivity contribution in [2.45, 2.75) is 12.3 Å². The second kappa shape index (κ2) is 4.93. The summed E-state index contributed by atoms with van der Waals surface area (Å²) >= 11 is 0. The lowest BCUT2D eigenvalue weighted by atomic mass is 10.3. The Morgan fingerprint density at radius 1 is 1.41 bits per heavy atom. The van der Waals surface area contributed by atoms with E-state index in [0.29, 0.717) is 0 Å². The first-order valence-corrected chi connectivity index (χ1v) is 4.28. The van der Waals surface area contributed by atoms with E-state index in [1.165, 1.54) is 0 Å². The van der Waals surface area contributed by atoms with E-state index in [0.717, 1.165) is 12.4 Å². The van der Waals surface area contributed by atoms with Crippen LogP contribution in [-0.4, -0.2) is 39.9 Å². The third-order valence-corrected chi connectivity index (χ3v) is 1.71. The molecule has 1 rings (SSSR count). The van der Waals surface area contributed by atoms with Crippen LogP contribution in [0.2, 0.25) is 0 Å². The lowest BCUT2D eigenvalue weighted by Crippen LogP contribution is -2.35. The van der Waals surface area contributed by atoms with Crippen molar-refractivity contribution < 1.29 is 27.5 Å². The van der Waals surface area contributed by atoms with Crippen LogP contribution in [0.5, 0.6) is 0 Å². The predicted molar refractivity (Wildman–Crippen MR) is 48.4 cm³/mol. The second-order valence-electron chi connectivity index (χ2n) is 2.97. The zero-order valence-electron chi connectivity index (χ0n) is 8.20. The molecule has 1 aromatic rings. The molecule has 0 radical (unpaired) electrons. The third-order valence-electron chi connectivity index (χ3n) is 1.71. The molecule has 0 bridgehead atoms. The summed E-state index contributed by atoms with van der Waals surface area (Å²) in [5.74, 6) is -6.26. The number of hydrogen-bond acceptors (Lipinski definition) is 4. The fourth-order valence-electron chi connectivity index (χ4n) is 0.903. The van der Waals surface area contributed by atoms with Gasteiger partial charge in [0.2, 0.25) is 0 Å². The van der Waals surface area contributed by atoms with Crippen LogP contribution in [0.3, 0.4) is 0 Å². The molecule has 5 nitrogen and oxygen atoms in total. The topological polar surface area (TPSA) is 75.1 Å². The Balaban J connectivity index is 2.79. The van der Waals surface area contributed by atoms with Gasteiger partial charge in [-0.25, -0.2) is 23.5 Å². The molecule has 2 N–H and O–H groups in total. The Kier molecular flexibility index (Phi) is 3.81. The highest BCUT2D eigenvalue weighted by Crippen LogP contribution is 2.23. The first-order valence-electron chi connectivity index (χ1n) is 4.28. The molecule has 0 unspecified atom stereocenters. The van der Waals surface area contributed by atoms with E-state index < -0.39 is 36.4 Å². The molecular weight excluding hydrogens is 246 g/mol. The van der Waals surface area contributed by atoms with Crippen LogP contribution in [0.25, 0.3) is 0 Å². The van der Waals surface area contributed by atoms with Crippen molar-refractivity contribution in [2.75, 3.05) is 11.9 Å². The van der Waals surface area contributed by atoms with Gasteiger partial charge in [0.05, 0.1) is 6.54 Å². The second-order valence-corrected chi connectivity index (χ2v) is 2.97. The van der Waals surface area contributed by atoms with E-state index in [1.54, 1.807) is 0 Å². The third kappa shape index (κ3) is 3.26. The number of aromatic nitrogens is 2. The number of carboxylic acid groups (broad SMARTS) is 1. The average molecular weight is 253 g/mol. The Morgan fingerprint density at radius 3 is 2.53 bits per heavy atom. The molecule has 0 atom stereocenters. The number of alkyl halides is 4. The Bertz CT molecular complexity index is 414. The Labute approximate surface area is 92.5 Å². The zero-order valence-corrected chi connectivity index (χ0v) is 8.20. The van der Waals surface area contributed by atoms with Gasteiger partial charge in [-0.05, 0) is 0 Å². The Morgan fingerprint density at radius 2 is 2.00 bits per heavy atom. The van der Waals surface area contributed by atoms with Gasteiger partial charge in [-0.2, -0.15) is 8.78 Å². The van der Waals surface area contributed by atoms with Gasteiger partial charge in [0.1, 0.15) is 0 Å². The minimum Gasteiger partial charge on any atom is -0.476 e. The monoisotopic (exact) mass is 253 g/mol. The van der Waals surface area contributed by atoms with E-state index in [9.17, 15) is 22.4 Å². The maximum Gasteiger partial charge on any atom is 0.358 e. The van der Waals surface area contributed by atoms with Gasteiger partial charge < -0.3 is 10.4 Å². The molecule has 17 heavy (non-hydrogen) atoms. The molecular formula is C8H7F4N3O2. The molecule has 94 valence electrons. The maximum absolute atomic E-state index is 12.6. The molecule has 0 spiro atoms. The van der Waals surface area contributed by atoms with Crippen molar-refractivity contribution >= 4 is 11.8 Å². The highest BCUT2D eigenvalue weighted by atomic mass is 19.3. The van der Waals surface area contributed by atoms with E-state index >= 15 is 0 Å². The first kappa shape index (κ1) is 13.1. The van der Waals surface area contributed by atoms with Crippen molar-refractivity contribution in [1.29, 1.82) is 0 Å². The van der Waals surface area contributed by atoms with Gasteiger partial charge in [-0.15, -0.1) is 0 Å². The number of aromatic carboxylic acids is 1. The van der Waals surface area contributed by atoms with Crippen LogP contribution < -0.4 is 5.32 Å². The molecule has 9 heteroatoms. The largest absolute Gasteiger partial charge is 0.476 e. The predicted octanol–water partition coefficient (Wildman–Crippen LogP) is 1.49. The summed E-state index contributed by atoms with van der Waals surface area (Å²) in [5, 5.41) is 10.5. The van der Waals surface area contributed by atoms with Gasteiger partial charge in [-0.3, -0.25) is 0 Å². The summed E-state index contributed by atoms with van der Waals surface area (Å²) < 4.78 is 48.8. The van der Waals surface area contributed by atoms with Crippen molar-refractivity contribution in [1.82, 2.24) is 9.97 Å². The zero-order chi connectivity index (χ0) is 13.1. The van der Waals surface area contributed by atoms with Crippen LogP contribution in [0.15, 0.2) is 12.4 Å². The van der Waals surface area contributed by atoms with Gasteiger partial charge >= 0.3 is 18.3 Å². The number of hydrogen-bond donors (Lipinski definition) is 2. The standard InChI is InChI=1S/C8H7F4N3O2/c9-7(10)8(11,12)3-15-5-4(6(16)17)13-1-2-14-5/h1-2,7H,3H2,(H,14,15)(H,16,17). The van der Waals surface area contributed by atoms with E-state index in [2.05, 4.69) is 9.97 Å². The summed E-state index contributed by atoms with van der Waals surface area (Å²) in [6, 6.07) is 0. The first-order chi connectivity index (χ1) is 7.84. The molecule has 0 amide bonds. The van der Waals surface area contributed by atoms with Gasteiger partial charge in [-0.1, -0.05) is 0 Å². The Hall–Kier alpha value is -1.93. The minimum atomic E-state index is -4.27. The number of carboxylic acids is 1. The number of halogens is 4. The summed E-state index contributed by atoms with van der Waals surface area (Å²) in [5.41, 5.74) is -0.613.